The lowest BCUT2D eigenvalue weighted by Gasteiger charge is -2.25. The second-order valence-electron chi connectivity index (χ2n) is 6.01. The second-order valence-corrected chi connectivity index (χ2v) is 6.01. The molecule has 2 aliphatic rings. The molecule has 0 radical (unpaired) electrons. The molecule has 4 atom stereocenters. The van der Waals surface area contributed by atoms with Gasteiger partial charge < -0.3 is 10.4 Å². The van der Waals surface area contributed by atoms with Crippen molar-refractivity contribution >= 4 is 0 Å². The lowest BCUT2D eigenvalue weighted by Crippen LogP contribution is -2.50. The van der Waals surface area contributed by atoms with Gasteiger partial charge in [-0.05, 0) is 25.7 Å². The van der Waals surface area contributed by atoms with Gasteiger partial charge in [-0.15, -0.1) is 0 Å². The second kappa shape index (κ2) is 6.84. The third-order valence-electron chi connectivity index (χ3n) is 4.69. The van der Waals surface area contributed by atoms with Crippen LogP contribution in [0.3, 0.4) is 0 Å². The number of azo groups is 1. The first-order valence-corrected chi connectivity index (χ1v) is 7.63. The first-order valence-electron chi connectivity index (χ1n) is 7.63. The normalized spacial score (nSPS) is 33.8. The minimum Gasteiger partial charge on any atom is -0.567 e. The number of rotatable bonds is 4. The fourth-order valence-electron chi connectivity index (χ4n) is 3.48. The van der Waals surface area contributed by atoms with E-state index in [9.17, 15) is 30.6 Å². The van der Waals surface area contributed by atoms with Crippen LogP contribution in [0.4, 0.5) is 0 Å². The highest BCUT2D eigenvalue weighted by atomic mass is 16.6. The Labute approximate surface area is 126 Å². The van der Waals surface area contributed by atoms with Crippen LogP contribution in [-0.2, 0) is 0 Å². The van der Waals surface area contributed by atoms with Gasteiger partial charge >= 0.3 is 0 Å². The molecule has 124 valence electrons. The summed E-state index contributed by atoms with van der Waals surface area (Å²) in [5.74, 6) is 0. The van der Waals surface area contributed by atoms with Crippen LogP contribution in [0, 0.1) is 30.6 Å². The van der Waals surface area contributed by atoms with Gasteiger partial charge in [-0.25, -0.2) is 0 Å². The Hall–Kier alpha value is -2.00. The van der Waals surface area contributed by atoms with Gasteiger partial charge in [-0.3, -0.25) is 20.2 Å². The van der Waals surface area contributed by atoms with Gasteiger partial charge in [0.25, 0.3) is 24.2 Å². The van der Waals surface area contributed by atoms with Gasteiger partial charge in [0.2, 0.25) is 0 Å². The summed E-state index contributed by atoms with van der Waals surface area (Å²) < 4.78 is 0. The summed E-state index contributed by atoms with van der Waals surface area (Å²) in [7, 11) is 0. The first-order chi connectivity index (χ1) is 10.4. The van der Waals surface area contributed by atoms with Crippen molar-refractivity contribution in [3.8, 4) is 0 Å². The number of hydroxylamine groups is 2. The maximum absolute atomic E-state index is 12.3. The molecule has 0 aromatic carbocycles. The SMILES string of the molecule is O=[N+]([O-])[C@@H]1CCCC[C@@H]1/[N+]([O-])=[N+](\[O-])[C@H]1CCCC[C@H]1[N+](=O)[O-]. The van der Waals surface area contributed by atoms with Crippen LogP contribution in [-0.4, -0.2) is 43.7 Å². The van der Waals surface area contributed by atoms with Crippen molar-refractivity contribution in [2.24, 2.45) is 0 Å². The smallest absolute Gasteiger partial charge is 0.295 e. The van der Waals surface area contributed by atoms with Crippen LogP contribution in [0.2, 0.25) is 0 Å². The molecule has 10 nitrogen and oxygen atoms in total. The first kappa shape index (κ1) is 16.4. The summed E-state index contributed by atoms with van der Waals surface area (Å²) in [6.45, 7) is 0. The predicted octanol–water partition coefficient (Wildman–Crippen LogP) is 1.63. The molecular formula is C12H20N4O6. The summed E-state index contributed by atoms with van der Waals surface area (Å²) in [6, 6.07) is -4.23. The predicted molar refractivity (Wildman–Crippen MR) is 73.3 cm³/mol. The van der Waals surface area contributed by atoms with Crippen LogP contribution in [0.5, 0.6) is 0 Å². The molecule has 0 saturated heterocycles. The largest absolute Gasteiger partial charge is 0.567 e. The zero-order valence-electron chi connectivity index (χ0n) is 12.2. The molecule has 2 aliphatic carbocycles. The highest BCUT2D eigenvalue weighted by Crippen LogP contribution is 2.26. The Morgan fingerprint density at radius 1 is 0.545 bits per heavy atom. The standard InChI is InChI=1S/C12H20N4O6/c17-13(9-5-1-3-7-11(9)15(19)20)14(18)10-6-2-4-8-12(10)16(21)22/h9-12H,1-8H2/b14-13+/t9-,10-,11+,12+/m0/s1. The molecule has 0 aromatic heterocycles. The number of nitro groups is 2. The summed E-state index contributed by atoms with van der Waals surface area (Å²) in [4.78, 5) is 21.3. The molecule has 0 unspecified atom stereocenters. The van der Waals surface area contributed by atoms with Gasteiger partial charge in [0, 0.05) is 45.3 Å². The third-order valence-corrected chi connectivity index (χ3v) is 4.69. The maximum atomic E-state index is 12.3. The van der Waals surface area contributed by atoms with Crippen LogP contribution < -0.4 is 0 Å². The Kier molecular flexibility index (Phi) is 5.09. The minimum absolute atomic E-state index is 0.0963. The van der Waals surface area contributed by atoms with Gasteiger partial charge in [0.05, 0.1) is 0 Å². The number of nitrogens with zero attached hydrogens (tertiary/aromatic N) is 4. The Morgan fingerprint density at radius 2 is 0.818 bits per heavy atom. The van der Waals surface area contributed by atoms with Crippen LogP contribution in [0.15, 0.2) is 0 Å². The number of hydrogen-bond donors (Lipinski definition) is 0. The van der Waals surface area contributed by atoms with Gasteiger partial charge in [0.1, 0.15) is 0 Å². The van der Waals surface area contributed by atoms with E-state index in [2.05, 4.69) is 0 Å². The van der Waals surface area contributed by atoms with E-state index < -0.39 is 34.0 Å². The topological polar surface area (TPSA) is 138 Å². The molecule has 22 heavy (non-hydrogen) atoms. The Balaban J connectivity index is 2.25. The van der Waals surface area contributed by atoms with Crippen LogP contribution in [0.1, 0.15) is 51.4 Å². The van der Waals surface area contributed by atoms with Gasteiger partial charge in [-0.1, -0.05) is 0 Å². The molecule has 0 spiro atoms. The van der Waals surface area contributed by atoms with Crippen molar-refractivity contribution in [1.29, 1.82) is 0 Å². The monoisotopic (exact) mass is 316 g/mol. The average molecular weight is 316 g/mol. The van der Waals surface area contributed by atoms with E-state index in [-0.39, 0.29) is 35.4 Å². The van der Waals surface area contributed by atoms with Crippen molar-refractivity contribution in [2.75, 3.05) is 0 Å². The molecule has 0 aromatic rings. The molecule has 0 heterocycles. The molecule has 0 N–H and O–H groups in total. The minimum atomic E-state index is -1.08. The van der Waals surface area contributed by atoms with Crippen LogP contribution >= 0.6 is 0 Å². The van der Waals surface area contributed by atoms with E-state index in [4.69, 9.17) is 0 Å². The maximum Gasteiger partial charge on any atom is 0.295 e. The summed E-state index contributed by atoms with van der Waals surface area (Å²) in [5, 5.41) is 46.7. The fraction of sp³-hybridized carbons (Fsp3) is 1.00. The summed E-state index contributed by atoms with van der Waals surface area (Å²) in [5.41, 5.74) is 0. The molecule has 10 heteroatoms. The zero-order valence-corrected chi connectivity index (χ0v) is 12.2. The zero-order chi connectivity index (χ0) is 16.3. The quantitative estimate of drug-likeness (QED) is 0.334. The van der Waals surface area contributed by atoms with E-state index in [0.29, 0.717) is 25.7 Å². The lowest BCUT2D eigenvalue weighted by atomic mass is 9.90. The van der Waals surface area contributed by atoms with E-state index in [1.807, 2.05) is 0 Å². The molecule has 0 bridgehead atoms. The average Bonchev–Trinajstić information content (AvgIpc) is 2.53. The molecule has 2 fully saturated rings. The van der Waals surface area contributed by atoms with Crippen molar-refractivity contribution in [3.05, 3.63) is 30.6 Å². The van der Waals surface area contributed by atoms with E-state index in [1.54, 1.807) is 0 Å². The van der Waals surface area contributed by atoms with E-state index in [1.165, 1.54) is 0 Å². The highest BCUT2D eigenvalue weighted by Gasteiger charge is 2.49. The molecule has 0 aliphatic heterocycles. The Morgan fingerprint density at radius 3 is 1.09 bits per heavy atom. The highest BCUT2D eigenvalue weighted by molar-refractivity contribution is 4.76. The van der Waals surface area contributed by atoms with Gasteiger partial charge in [0.15, 0.2) is 0 Å². The molecule has 2 rings (SSSR count). The number of hydrogen-bond acceptors (Lipinski definition) is 6. The van der Waals surface area contributed by atoms with Crippen LogP contribution in [0.25, 0.3) is 0 Å². The van der Waals surface area contributed by atoms with Crippen molar-refractivity contribution in [3.63, 3.8) is 0 Å². The van der Waals surface area contributed by atoms with Gasteiger partial charge in [-0.2, -0.15) is 0 Å². The summed E-state index contributed by atoms with van der Waals surface area (Å²) >= 11 is 0. The molecule has 2 saturated carbocycles. The van der Waals surface area contributed by atoms with E-state index >= 15 is 0 Å². The fourth-order valence-corrected chi connectivity index (χ4v) is 3.48. The van der Waals surface area contributed by atoms with Crippen molar-refractivity contribution < 1.29 is 19.6 Å². The lowest BCUT2D eigenvalue weighted by molar-refractivity contribution is -1.01. The van der Waals surface area contributed by atoms with Crippen molar-refractivity contribution in [2.45, 2.75) is 75.5 Å². The molecular weight excluding hydrogens is 296 g/mol. The Bertz CT molecular complexity index is 440. The van der Waals surface area contributed by atoms with Crippen molar-refractivity contribution in [1.82, 2.24) is 0 Å². The van der Waals surface area contributed by atoms with E-state index in [0.717, 1.165) is 0 Å². The third kappa shape index (κ3) is 3.25. The molecule has 0 amide bonds. The summed E-state index contributed by atoms with van der Waals surface area (Å²) in [6.07, 6.45) is 3.63.